The minimum atomic E-state index is -1.04. The van der Waals surface area contributed by atoms with Crippen LogP contribution < -0.4 is 11.1 Å². The normalized spacial score (nSPS) is 10.7. The predicted molar refractivity (Wildman–Crippen MR) is 133 cm³/mol. The third-order valence-electron chi connectivity index (χ3n) is 5.40. The highest BCUT2D eigenvalue weighted by Gasteiger charge is 2.15. The summed E-state index contributed by atoms with van der Waals surface area (Å²) in [5.74, 6) is -0.0915. The Balaban J connectivity index is 1.43. The number of rotatable bonds is 7. The van der Waals surface area contributed by atoms with Crippen LogP contribution in [0, 0.1) is 13.8 Å². The summed E-state index contributed by atoms with van der Waals surface area (Å²) in [5.41, 5.74) is 11.4. The molecule has 0 aliphatic rings. The molecule has 9 heteroatoms. The number of nitrogens with one attached hydrogen (secondary N) is 1. The molecule has 0 saturated heterocycles. The van der Waals surface area contributed by atoms with E-state index >= 15 is 0 Å². The number of aryl methyl sites for hydroxylation is 2. The molecule has 2 heterocycles. The van der Waals surface area contributed by atoms with Crippen LogP contribution in [0.25, 0.3) is 5.69 Å². The maximum absolute atomic E-state index is 12.8. The molecule has 0 unspecified atom stereocenters. The molecule has 178 valence electrons. The van der Waals surface area contributed by atoms with Crippen LogP contribution in [0.3, 0.4) is 0 Å². The van der Waals surface area contributed by atoms with E-state index in [2.05, 4.69) is 21.5 Å². The number of nitrogens with zero attached hydrogens (tertiary/aromatic N) is 4. The van der Waals surface area contributed by atoms with Gasteiger partial charge >= 0.3 is 6.09 Å². The van der Waals surface area contributed by atoms with Crippen LogP contribution >= 0.6 is 0 Å². The monoisotopic (exact) mass is 470 g/mol. The smallest absolute Gasteiger partial charge is 0.407 e. The summed E-state index contributed by atoms with van der Waals surface area (Å²) in [4.78, 5) is 29.8. The Hall–Kier alpha value is -4.66. The summed E-state index contributed by atoms with van der Waals surface area (Å²) < 4.78 is 1.64. The molecule has 2 amide bonds. The summed E-state index contributed by atoms with van der Waals surface area (Å²) in [6.45, 7) is 4.40. The van der Waals surface area contributed by atoms with E-state index in [-0.39, 0.29) is 24.8 Å². The van der Waals surface area contributed by atoms with Crippen molar-refractivity contribution in [1.82, 2.24) is 19.7 Å². The number of nitrogens with two attached hydrogens (primary N) is 1. The Morgan fingerprint density at radius 2 is 1.71 bits per heavy atom. The number of anilines is 2. The van der Waals surface area contributed by atoms with Crippen LogP contribution in [0.4, 0.5) is 16.3 Å². The topological polar surface area (TPSA) is 126 Å². The number of hydrogen-bond donors (Lipinski definition) is 3. The maximum Gasteiger partial charge on any atom is 0.407 e. The van der Waals surface area contributed by atoms with Crippen molar-refractivity contribution in [2.45, 2.75) is 26.9 Å². The maximum atomic E-state index is 12.8. The van der Waals surface area contributed by atoms with E-state index in [9.17, 15) is 14.7 Å². The second-order valence-corrected chi connectivity index (χ2v) is 8.37. The average Bonchev–Trinajstić information content (AvgIpc) is 3.19. The van der Waals surface area contributed by atoms with Crippen molar-refractivity contribution < 1.29 is 14.7 Å². The van der Waals surface area contributed by atoms with Gasteiger partial charge in [-0.05, 0) is 66.4 Å². The van der Waals surface area contributed by atoms with Gasteiger partial charge in [0.15, 0.2) is 5.82 Å². The number of carbonyl (C=O) groups excluding carboxylic acids is 1. The molecule has 4 rings (SSSR count). The summed E-state index contributed by atoms with van der Waals surface area (Å²) >= 11 is 0. The molecule has 2 aromatic heterocycles. The fourth-order valence-electron chi connectivity index (χ4n) is 3.76. The summed E-state index contributed by atoms with van der Waals surface area (Å²) in [7, 11) is 0. The van der Waals surface area contributed by atoms with Crippen molar-refractivity contribution in [3.8, 4) is 5.69 Å². The van der Waals surface area contributed by atoms with E-state index in [4.69, 9.17) is 5.73 Å². The van der Waals surface area contributed by atoms with E-state index in [1.165, 1.54) is 4.90 Å². The van der Waals surface area contributed by atoms with Crippen molar-refractivity contribution in [3.05, 3.63) is 101 Å². The number of nitrogen functional groups attached to an aromatic ring is 1. The Morgan fingerprint density at radius 3 is 2.34 bits per heavy atom. The molecule has 0 spiro atoms. The largest absolute Gasteiger partial charge is 0.465 e. The van der Waals surface area contributed by atoms with Gasteiger partial charge in [0.25, 0.3) is 5.91 Å². The lowest BCUT2D eigenvalue weighted by Crippen LogP contribution is -2.28. The Morgan fingerprint density at radius 1 is 1.03 bits per heavy atom. The molecular formula is C26H26N6O3. The Kier molecular flexibility index (Phi) is 6.77. The lowest BCUT2D eigenvalue weighted by Gasteiger charge is -2.19. The first-order valence-corrected chi connectivity index (χ1v) is 11.0. The number of aromatic nitrogens is 3. The van der Waals surface area contributed by atoms with Crippen molar-refractivity contribution in [1.29, 1.82) is 0 Å². The van der Waals surface area contributed by atoms with Gasteiger partial charge in [0, 0.05) is 24.5 Å². The van der Waals surface area contributed by atoms with Crippen molar-refractivity contribution in [2.24, 2.45) is 0 Å². The van der Waals surface area contributed by atoms with Gasteiger partial charge in [0.1, 0.15) is 0 Å². The van der Waals surface area contributed by atoms with Gasteiger partial charge in [-0.25, -0.2) is 9.48 Å². The van der Waals surface area contributed by atoms with E-state index in [0.29, 0.717) is 11.3 Å². The van der Waals surface area contributed by atoms with Crippen molar-refractivity contribution in [2.75, 3.05) is 11.1 Å². The van der Waals surface area contributed by atoms with E-state index < -0.39 is 6.09 Å². The molecule has 35 heavy (non-hydrogen) atoms. The van der Waals surface area contributed by atoms with Gasteiger partial charge in [-0.15, -0.1) is 5.10 Å². The molecule has 2 aromatic carbocycles. The zero-order valence-corrected chi connectivity index (χ0v) is 19.5. The highest BCUT2D eigenvalue weighted by atomic mass is 16.4. The minimum Gasteiger partial charge on any atom is -0.465 e. The number of carboxylic acid groups (broad SMARTS) is 1. The SMILES string of the molecule is Cc1cc(C)cc(-n2cc(N)c(NC(=O)c3ccc(CN(Cc4cccnc4)C(=O)O)cc3)n2)c1. The lowest BCUT2D eigenvalue weighted by molar-refractivity contribution is 0.102. The zero-order valence-electron chi connectivity index (χ0n) is 19.5. The summed E-state index contributed by atoms with van der Waals surface area (Å²) in [5, 5.41) is 16.7. The first-order valence-electron chi connectivity index (χ1n) is 11.0. The molecule has 0 aliphatic carbocycles. The van der Waals surface area contributed by atoms with Crippen LogP contribution in [0.5, 0.6) is 0 Å². The van der Waals surface area contributed by atoms with Crippen molar-refractivity contribution >= 4 is 23.5 Å². The zero-order chi connectivity index (χ0) is 24.9. The van der Waals surface area contributed by atoms with Crippen LogP contribution in [0.15, 0.2) is 73.2 Å². The number of hydrogen-bond acceptors (Lipinski definition) is 5. The Labute approximate surface area is 202 Å². The van der Waals surface area contributed by atoms with Gasteiger partial charge in [0.2, 0.25) is 0 Å². The number of pyridine rings is 1. The van der Waals surface area contributed by atoms with E-state index in [1.807, 2.05) is 32.0 Å². The van der Waals surface area contributed by atoms with Gasteiger partial charge in [-0.3, -0.25) is 14.7 Å². The third kappa shape index (κ3) is 5.83. The van der Waals surface area contributed by atoms with Crippen LogP contribution in [0.2, 0.25) is 0 Å². The van der Waals surface area contributed by atoms with Crippen LogP contribution in [-0.2, 0) is 13.1 Å². The predicted octanol–water partition coefficient (Wildman–Crippen LogP) is 4.40. The molecule has 0 bridgehead atoms. The first-order chi connectivity index (χ1) is 16.8. The standard InChI is InChI=1S/C26H26N6O3/c1-17-10-18(2)12-22(11-17)32-16-23(27)24(30-32)29-25(33)21-7-5-19(6-8-21)14-31(26(34)35)15-20-4-3-9-28-13-20/h3-13,16H,14-15,27H2,1-2H3,(H,34,35)(H,29,30,33). The first kappa shape index (κ1) is 23.5. The van der Waals surface area contributed by atoms with E-state index in [1.54, 1.807) is 53.6 Å². The Bertz CT molecular complexity index is 1330. The van der Waals surface area contributed by atoms with Crippen LogP contribution in [-0.4, -0.2) is 36.8 Å². The lowest BCUT2D eigenvalue weighted by atomic mass is 10.1. The van der Waals surface area contributed by atoms with Gasteiger partial charge in [-0.2, -0.15) is 0 Å². The van der Waals surface area contributed by atoms with Gasteiger partial charge < -0.3 is 16.2 Å². The third-order valence-corrected chi connectivity index (χ3v) is 5.40. The second kappa shape index (κ2) is 10.1. The number of benzene rings is 2. The van der Waals surface area contributed by atoms with Gasteiger partial charge in [-0.1, -0.05) is 24.3 Å². The molecular weight excluding hydrogens is 444 g/mol. The van der Waals surface area contributed by atoms with Crippen LogP contribution in [0.1, 0.15) is 32.6 Å². The van der Waals surface area contributed by atoms with E-state index in [0.717, 1.165) is 27.9 Å². The molecule has 0 radical (unpaired) electrons. The fraction of sp³-hybridized carbons (Fsp3) is 0.154. The molecule has 0 atom stereocenters. The summed E-state index contributed by atoms with van der Waals surface area (Å²) in [6.07, 6.45) is 3.90. The quantitative estimate of drug-likeness (QED) is 0.367. The summed E-state index contributed by atoms with van der Waals surface area (Å²) in [6, 6.07) is 16.4. The number of carbonyl (C=O) groups is 2. The highest BCUT2D eigenvalue weighted by Crippen LogP contribution is 2.21. The molecule has 4 N–H and O–H groups in total. The molecule has 4 aromatic rings. The molecule has 0 fully saturated rings. The minimum absolute atomic E-state index is 0.180. The molecule has 9 nitrogen and oxygen atoms in total. The average molecular weight is 471 g/mol. The molecule has 0 aliphatic heterocycles. The highest BCUT2D eigenvalue weighted by molar-refractivity contribution is 6.05. The van der Waals surface area contributed by atoms with Gasteiger partial charge in [0.05, 0.1) is 24.1 Å². The number of amides is 2. The fourth-order valence-corrected chi connectivity index (χ4v) is 3.76. The second-order valence-electron chi connectivity index (χ2n) is 8.37. The molecule has 0 saturated carbocycles. The van der Waals surface area contributed by atoms with Crippen molar-refractivity contribution in [3.63, 3.8) is 0 Å².